The molecule has 2 saturated carbocycles. The van der Waals surface area contributed by atoms with E-state index in [4.69, 9.17) is 9.97 Å². The lowest BCUT2D eigenvalue weighted by molar-refractivity contribution is -0.139. The topological polar surface area (TPSA) is 232 Å². The Balaban J connectivity index is 0.676. The number of piperidine rings is 3. The third-order valence-corrected chi connectivity index (χ3v) is 20.4. The molecule has 4 saturated heterocycles. The minimum Gasteiger partial charge on any atom is -0.382 e. The van der Waals surface area contributed by atoms with Crippen molar-refractivity contribution in [2.45, 2.75) is 173 Å². The maximum absolute atomic E-state index is 16.0. The fourth-order valence-corrected chi connectivity index (χ4v) is 15.4. The number of fused-ring (bicyclic) bond motifs is 4. The molecule has 88 heavy (non-hydrogen) atoms. The van der Waals surface area contributed by atoms with Crippen LogP contribution in [0.2, 0.25) is 0 Å². The number of pyridine rings is 1. The summed E-state index contributed by atoms with van der Waals surface area (Å²) >= 11 is 0. The number of nitrogens with zero attached hydrogens (tertiary/aromatic N) is 8. The van der Waals surface area contributed by atoms with Crippen LogP contribution in [0.25, 0.3) is 22.3 Å². The lowest BCUT2D eigenvalue weighted by Gasteiger charge is -2.48. The van der Waals surface area contributed by atoms with Gasteiger partial charge in [0.05, 0.1) is 45.7 Å². The van der Waals surface area contributed by atoms with E-state index in [1.807, 2.05) is 54.2 Å². The van der Waals surface area contributed by atoms with Crippen molar-refractivity contribution in [1.82, 2.24) is 44.8 Å². The van der Waals surface area contributed by atoms with Crippen LogP contribution in [0.3, 0.4) is 0 Å². The molecule has 1 unspecified atom stereocenters. The van der Waals surface area contributed by atoms with E-state index in [1.165, 1.54) is 31.4 Å². The smallest absolute Gasteiger partial charge is 0.264 e. The first-order chi connectivity index (χ1) is 42.3. The summed E-state index contributed by atoms with van der Waals surface area (Å²) in [5, 5.41) is 11.9. The van der Waals surface area contributed by atoms with Crippen LogP contribution in [0.15, 0.2) is 60.9 Å². The zero-order chi connectivity index (χ0) is 61.4. The van der Waals surface area contributed by atoms with Crippen LogP contribution in [-0.2, 0) is 29.4 Å². The van der Waals surface area contributed by atoms with Crippen LogP contribution in [0, 0.1) is 24.6 Å². The molecule has 3 aromatic carbocycles. The zero-order valence-electron chi connectivity index (χ0n) is 51.0. The van der Waals surface area contributed by atoms with Gasteiger partial charge in [-0.1, -0.05) is 24.6 Å². The number of imide groups is 2. The van der Waals surface area contributed by atoms with E-state index in [1.54, 1.807) is 31.5 Å². The second kappa shape index (κ2) is 23.5. The number of rotatable bonds is 14. The molecule has 6 fully saturated rings. The van der Waals surface area contributed by atoms with Gasteiger partial charge >= 0.3 is 0 Å². The number of likely N-dealkylation sites (tertiary alicyclic amines) is 3. The number of nitrogens with one attached hydrogen (secondary N) is 4. The standard InChI is InChI=1S/C67H79FN12O8/c1-37(2)70-61(83)47-33-52(49(68)28-39(47)5)73-60-59-53(69-36-78(59)38(3)4)34-51(72-60)41-14-17-48-55(30-41)79(45-31-44(32-45)75-23-7-6-8-24-75)66(88)67(48)21-26-76(27-22-67)63(85)42-20-25-77(35-42)57(82)29-40-12-15-43(16-13-40)71-50-11-9-10-46-58(50)65(87)80(64(46)86)54-18-19-56(81)74-62(54)84/h9-11,14,17,28,30,33-34,36-38,40,42-45,54,71H,6-8,12-13,15-16,18-27,29,31-32,35H2,1-5H3,(H,70,83)(H,72,73)(H,74,81,84)/t40?,42-,43?,44?,45?,54?/m1/s1. The first-order valence-corrected chi connectivity index (χ1v) is 32.0. The molecule has 20 nitrogen and oxygen atoms in total. The number of aromatic nitrogens is 3. The molecule has 0 radical (unpaired) electrons. The molecule has 8 aliphatic rings. The number of imidazole rings is 1. The molecule has 2 aromatic heterocycles. The summed E-state index contributed by atoms with van der Waals surface area (Å²) in [7, 11) is 0. The summed E-state index contributed by atoms with van der Waals surface area (Å²) < 4.78 is 18.0. The highest BCUT2D eigenvalue weighted by molar-refractivity contribution is 6.25. The van der Waals surface area contributed by atoms with Crippen LogP contribution in [0.5, 0.6) is 0 Å². The van der Waals surface area contributed by atoms with Crippen LogP contribution in [0.4, 0.5) is 27.3 Å². The number of anilines is 4. The van der Waals surface area contributed by atoms with Gasteiger partial charge in [0.15, 0.2) is 5.82 Å². The molecule has 8 amide bonds. The van der Waals surface area contributed by atoms with E-state index in [9.17, 15) is 33.6 Å². The average Bonchev–Trinajstić information content (AvgIpc) is 1.66. The normalized spacial score (nSPS) is 24.6. The van der Waals surface area contributed by atoms with Crippen molar-refractivity contribution in [2.75, 3.05) is 54.8 Å². The van der Waals surface area contributed by atoms with Crippen molar-refractivity contribution in [3.8, 4) is 11.3 Å². The van der Waals surface area contributed by atoms with E-state index < -0.39 is 40.9 Å². The summed E-state index contributed by atoms with van der Waals surface area (Å²) in [6.45, 7) is 13.4. The molecular weight excluding hydrogens is 1120 g/mol. The minimum atomic E-state index is -1.05. The number of amides is 8. The van der Waals surface area contributed by atoms with Crippen LogP contribution in [-0.4, -0.2) is 151 Å². The Hall–Kier alpha value is -8.07. The molecule has 4 N–H and O–H groups in total. The van der Waals surface area contributed by atoms with Crippen molar-refractivity contribution in [3.63, 3.8) is 0 Å². The number of halogens is 1. The zero-order valence-corrected chi connectivity index (χ0v) is 51.0. The fraction of sp³-hybridized carbons (Fsp3) is 0.522. The van der Waals surface area contributed by atoms with Gasteiger partial charge in [-0.3, -0.25) is 48.6 Å². The summed E-state index contributed by atoms with van der Waals surface area (Å²) in [6.07, 6.45) is 12.3. The van der Waals surface area contributed by atoms with Crippen molar-refractivity contribution >= 4 is 81.2 Å². The lowest BCUT2D eigenvalue weighted by Crippen LogP contribution is -2.58. The molecule has 21 heteroatoms. The van der Waals surface area contributed by atoms with E-state index >= 15 is 9.18 Å². The molecule has 5 aromatic rings. The summed E-state index contributed by atoms with van der Waals surface area (Å²) in [4.78, 5) is 128. The maximum atomic E-state index is 16.0. The van der Waals surface area contributed by atoms with Gasteiger partial charge in [-0.25, -0.2) is 14.4 Å². The number of hydrogen-bond acceptors (Lipinski definition) is 13. The summed E-state index contributed by atoms with van der Waals surface area (Å²) in [5.41, 5.74) is 5.64. The molecule has 13 rings (SSSR count). The van der Waals surface area contributed by atoms with Gasteiger partial charge in [0, 0.05) is 91.7 Å². The van der Waals surface area contributed by atoms with Crippen LogP contribution < -0.4 is 26.2 Å². The van der Waals surface area contributed by atoms with Crippen molar-refractivity contribution in [2.24, 2.45) is 11.8 Å². The maximum Gasteiger partial charge on any atom is 0.264 e. The van der Waals surface area contributed by atoms with Gasteiger partial charge in [-0.15, -0.1) is 0 Å². The predicted molar refractivity (Wildman–Crippen MR) is 329 cm³/mol. The van der Waals surface area contributed by atoms with E-state index in [-0.39, 0.29) is 89.3 Å². The second-order valence-corrected chi connectivity index (χ2v) is 26.6. The van der Waals surface area contributed by atoms with Gasteiger partial charge in [-0.05, 0) is 178 Å². The van der Waals surface area contributed by atoms with E-state index in [0.29, 0.717) is 97.3 Å². The van der Waals surface area contributed by atoms with Crippen molar-refractivity contribution in [1.29, 1.82) is 0 Å². The van der Waals surface area contributed by atoms with Gasteiger partial charge in [0.1, 0.15) is 17.4 Å². The molecule has 2 aliphatic carbocycles. The van der Waals surface area contributed by atoms with Gasteiger partial charge in [0.2, 0.25) is 29.5 Å². The number of hydrogen-bond donors (Lipinski definition) is 4. The monoisotopic (exact) mass is 1200 g/mol. The Morgan fingerprint density at radius 2 is 1.56 bits per heavy atom. The van der Waals surface area contributed by atoms with E-state index in [0.717, 1.165) is 73.3 Å². The Bertz CT molecular complexity index is 3680. The number of carbonyl (C=O) groups excluding carboxylic acids is 8. The van der Waals surface area contributed by atoms with Gasteiger partial charge in [-0.2, -0.15) is 0 Å². The van der Waals surface area contributed by atoms with Crippen molar-refractivity contribution in [3.05, 3.63) is 94.6 Å². The fourth-order valence-electron chi connectivity index (χ4n) is 15.4. The van der Waals surface area contributed by atoms with Gasteiger partial charge < -0.3 is 40.1 Å². The minimum absolute atomic E-state index is 0.000164. The number of carbonyl (C=O) groups is 8. The highest BCUT2D eigenvalue weighted by Crippen LogP contribution is 2.53. The predicted octanol–water partition coefficient (Wildman–Crippen LogP) is 8.54. The second-order valence-electron chi connectivity index (χ2n) is 26.6. The summed E-state index contributed by atoms with van der Waals surface area (Å²) in [6, 6.07) is 15.3. The number of benzene rings is 3. The molecule has 6 aliphatic heterocycles. The first kappa shape index (κ1) is 58.9. The Morgan fingerprint density at radius 1 is 0.795 bits per heavy atom. The van der Waals surface area contributed by atoms with Crippen molar-refractivity contribution < 1.29 is 42.7 Å². The first-order valence-electron chi connectivity index (χ1n) is 32.0. The Labute approximate surface area is 511 Å². The third kappa shape index (κ3) is 10.7. The quantitative estimate of drug-likeness (QED) is 0.0765. The van der Waals surface area contributed by atoms with E-state index in [2.05, 4.69) is 43.2 Å². The highest BCUT2D eigenvalue weighted by Gasteiger charge is 2.56. The highest BCUT2D eigenvalue weighted by atomic mass is 19.1. The molecule has 8 heterocycles. The third-order valence-electron chi connectivity index (χ3n) is 20.4. The molecule has 2 atom stereocenters. The Kier molecular flexibility index (Phi) is 15.7. The van der Waals surface area contributed by atoms with Gasteiger partial charge in [0.25, 0.3) is 17.7 Å². The lowest BCUT2D eigenvalue weighted by atomic mass is 9.73. The summed E-state index contributed by atoms with van der Waals surface area (Å²) in [5.74, 6) is -2.66. The molecule has 0 bridgehead atoms. The average molecular weight is 1200 g/mol. The number of aryl methyl sites for hydroxylation is 1. The van der Waals surface area contributed by atoms with Crippen LogP contribution in [0.1, 0.15) is 172 Å². The molecular formula is C67H79FN12O8. The largest absolute Gasteiger partial charge is 0.382 e. The van der Waals surface area contributed by atoms with Crippen LogP contribution >= 0.6 is 0 Å². The Morgan fingerprint density at radius 3 is 2.28 bits per heavy atom. The molecule has 1 spiro atoms. The SMILES string of the molecule is Cc1cc(F)c(Nc2nc(-c3ccc4c(c3)N(C3CC(N5CCCCC5)C3)C(=O)C43CCN(C(=O)[C@@H]4CCN(C(=O)CC5CCC(Nc6cccc7c6C(=O)N(C6CCC(=O)NC6=O)C7=O)CC5)C4)CC3)cc3ncn(C(C)C)c23)cc1C(=O)NC(C)C. The molecule has 462 valence electrons.